The van der Waals surface area contributed by atoms with Gasteiger partial charge >= 0.3 is 6.36 Å². The van der Waals surface area contributed by atoms with Crippen LogP contribution < -0.4 is 15.8 Å². The summed E-state index contributed by atoms with van der Waals surface area (Å²) in [4.78, 5) is 20.7. The summed E-state index contributed by atoms with van der Waals surface area (Å²) in [5, 5.41) is 17.2. The molecule has 0 fully saturated rings. The first-order valence-corrected chi connectivity index (χ1v) is 10.0. The molecule has 0 saturated heterocycles. The lowest BCUT2D eigenvalue weighted by atomic mass is 10.1. The van der Waals surface area contributed by atoms with Gasteiger partial charge in [0, 0.05) is 11.8 Å². The summed E-state index contributed by atoms with van der Waals surface area (Å²) in [7, 11) is 0. The Balaban J connectivity index is 1.58. The van der Waals surface area contributed by atoms with Crippen molar-refractivity contribution in [1.82, 2.24) is 19.7 Å². The molecular weight excluding hydrogens is 472 g/mol. The first kappa shape index (κ1) is 23.9. The number of aryl methyl sites for hydroxylation is 2. The number of fused-ring (bicyclic) bond motifs is 1. The first-order valence-electron chi connectivity index (χ1n) is 10.0. The number of hydrogen-bond acceptors (Lipinski definition) is 7. The fourth-order valence-corrected chi connectivity index (χ4v) is 3.56. The van der Waals surface area contributed by atoms with Crippen LogP contribution in [0.2, 0.25) is 0 Å². The highest BCUT2D eigenvalue weighted by Gasteiger charge is 2.32. The fraction of sp³-hybridized carbons (Fsp3) is 0.182. The van der Waals surface area contributed by atoms with Crippen molar-refractivity contribution >= 4 is 28.4 Å². The van der Waals surface area contributed by atoms with Gasteiger partial charge in [-0.15, -0.1) is 13.2 Å². The normalized spacial score (nSPS) is 12.5. The number of aliphatic hydroxyl groups is 1. The Kier molecular flexibility index (Phi) is 6.03. The first-order chi connectivity index (χ1) is 16.4. The second-order valence-corrected chi connectivity index (χ2v) is 7.61. The van der Waals surface area contributed by atoms with E-state index in [1.165, 1.54) is 12.4 Å². The summed E-state index contributed by atoms with van der Waals surface area (Å²) in [6.45, 7) is 3.52. The Morgan fingerprint density at radius 2 is 1.91 bits per heavy atom. The lowest BCUT2D eigenvalue weighted by molar-refractivity contribution is -0.274. The smallest absolute Gasteiger partial charge is 0.406 e. The summed E-state index contributed by atoms with van der Waals surface area (Å²) in [5.41, 5.74) is 8.89. The minimum Gasteiger partial charge on any atom is -0.406 e. The van der Waals surface area contributed by atoms with Crippen LogP contribution in [-0.2, 0) is 4.79 Å². The van der Waals surface area contributed by atoms with Crippen LogP contribution in [0.15, 0.2) is 42.7 Å². The van der Waals surface area contributed by atoms with Crippen LogP contribution in [0.1, 0.15) is 22.9 Å². The van der Waals surface area contributed by atoms with Crippen LogP contribution in [0.3, 0.4) is 0 Å². The predicted octanol–water partition coefficient (Wildman–Crippen LogP) is 3.72. The third-order valence-electron chi connectivity index (χ3n) is 5.04. The Hall–Kier alpha value is -4.26. The van der Waals surface area contributed by atoms with Crippen molar-refractivity contribution in [2.75, 3.05) is 11.1 Å². The summed E-state index contributed by atoms with van der Waals surface area (Å²) >= 11 is 0. The molecule has 0 saturated carbocycles. The van der Waals surface area contributed by atoms with E-state index in [1.807, 2.05) is 0 Å². The number of amides is 1. The van der Waals surface area contributed by atoms with Gasteiger partial charge in [0.2, 0.25) is 0 Å². The van der Waals surface area contributed by atoms with Gasteiger partial charge in [0.1, 0.15) is 28.9 Å². The third kappa shape index (κ3) is 4.99. The van der Waals surface area contributed by atoms with Gasteiger partial charge in [-0.3, -0.25) is 4.79 Å². The molecule has 2 aromatic heterocycles. The molecule has 0 spiro atoms. The van der Waals surface area contributed by atoms with E-state index in [4.69, 9.17) is 5.73 Å². The van der Waals surface area contributed by atoms with Crippen LogP contribution in [-0.4, -0.2) is 37.1 Å². The summed E-state index contributed by atoms with van der Waals surface area (Å²) in [6.07, 6.45) is -5.69. The zero-order chi connectivity index (χ0) is 25.5. The maximum atomic E-state index is 13.7. The minimum absolute atomic E-state index is 0.236. The van der Waals surface area contributed by atoms with Crippen molar-refractivity contribution < 1.29 is 32.2 Å². The van der Waals surface area contributed by atoms with Gasteiger partial charge < -0.3 is 20.9 Å². The van der Waals surface area contributed by atoms with E-state index >= 15 is 0 Å². The molecule has 13 heteroatoms. The van der Waals surface area contributed by atoms with E-state index in [1.54, 1.807) is 30.7 Å². The molecule has 9 nitrogen and oxygen atoms in total. The average molecular weight is 490 g/mol. The highest BCUT2D eigenvalue weighted by atomic mass is 19.4. The molecule has 0 bridgehead atoms. The van der Waals surface area contributed by atoms with Crippen LogP contribution in [0, 0.1) is 19.7 Å². The van der Waals surface area contributed by atoms with Crippen molar-refractivity contribution in [2.45, 2.75) is 26.3 Å². The number of aliphatic hydroxyl groups excluding tert-OH is 1. The van der Waals surface area contributed by atoms with Gasteiger partial charge in [0.25, 0.3) is 5.91 Å². The largest absolute Gasteiger partial charge is 0.573 e. The van der Waals surface area contributed by atoms with Crippen molar-refractivity contribution in [2.24, 2.45) is 0 Å². The van der Waals surface area contributed by atoms with Gasteiger partial charge in [0.05, 0.1) is 11.4 Å². The van der Waals surface area contributed by atoms with Gasteiger partial charge in [-0.2, -0.15) is 5.10 Å². The number of ether oxygens (including phenoxy) is 1. The number of nitrogens with zero attached hydrogens (tertiary/aromatic N) is 4. The van der Waals surface area contributed by atoms with Crippen LogP contribution in [0.5, 0.6) is 5.75 Å². The number of carbonyl (C=O) groups excluding carboxylic acids is 1. The zero-order valence-corrected chi connectivity index (χ0v) is 18.3. The van der Waals surface area contributed by atoms with E-state index in [-0.39, 0.29) is 11.5 Å². The highest BCUT2D eigenvalue weighted by Crippen LogP contribution is 2.29. The van der Waals surface area contributed by atoms with E-state index in [9.17, 15) is 27.5 Å². The third-order valence-corrected chi connectivity index (χ3v) is 5.04. The summed E-state index contributed by atoms with van der Waals surface area (Å²) < 4.78 is 56.3. The van der Waals surface area contributed by atoms with E-state index in [0.717, 1.165) is 12.1 Å². The number of nitrogens with one attached hydrogen (secondary N) is 1. The lowest BCUT2D eigenvalue weighted by Crippen LogP contribution is -2.22. The number of anilines is 2. The van der Waals surface area contributed by atoms with Crippen molar-refractivity contribution in [1.29, 1.82) is 0 Å². The molecule has 2 heterocycles. The van der Waals surface area contributed by atoms with Gasteiger partial charge in [-0.05, 0) is 55.3 Å². The maximum Gasteiger partial charge on any atom is 0.573 e. The summed E-state index contributed by atoms with van der Waals surface area (Å²) in [5.74, 6) is -2.76. The van der Waals surface area contributed by atoms with E-state index < -0.39 is 35.5 Å². The number of hydrogen-bond donors (Lipinski definition) is 3. The minimum atomic E-state index is -5.06. The second kappa shape index (κ2) is 8.83. The van der Waals surface area contributed by atoms with Gasteiger partial charge in [-0.1, -0.05) is 0 Å². The fourth-order valence-electron chi connectivity index (χ4n) is 3.56. The molecule has 0 radical (unpaired) electrons. The molecule has 4 rings (SSSR count). The Morgan fingerprint density at radius 1 is 1.17 bits per heavy atom. The molecule has 1 atom stereocenters. The van der Waals surface area contributed by atoms with Crippen LogP contribution >= 0.6 is 0 Å². The molecule has 0 aliphatic heterocycles. The van der Waals surface area contributed by atoms with Crippen LogP contribution in [0.4, 0.5) is 29.1 Å². The topological polar surface area (TPSA) is 128 Å². The number of aromatic nitrogens is 4. The maximum absolute atomic E-state index is 13.7. The number of rotatable bonds is 5. The molecule has 2 aromatic carbocycles. The number of halogens is 4. The predicted molar refractivity (Wildman–Crippen MR) is 117 cm³/mol. The number of carbonyl (C=O) groups is 1. The number of nitrogens with two attached hydrogens (primary N) is 1. The Morgan fingerprint density at radius 3 is 2.60 bits per heavy atom. The molecular formula is C22H18F4N6O3. The number of nitrogen functional groups attached to an aromatic ring is 1. The molecule has 0 aliphatic carbocycles. The highest BCUT2D eigenvalue weighted by molar-refractivity contribution is 5.95. The Bertz CT molecular complexity index is 1440. The monoisotopic (exact) mass is 490 g/mol. The quantitative estimate of drug-likeness (QED) is 0.364. The summed E-state index contributed by atoms with van der Waals surface area (Å²) in [6, 6.07) is 6.72. The molecule has 35 heavy (non-hydrogen) atoms. The van der Waals surface area contributed by atoms with Gasteiger partial charge in [-0.25, -0.2) is 19.0 Å². The number of alkyl halides is 3. The second-order valence-electron chi connectivity index (χ2n) is 7.61. The van der Waals surface area contributed by atoms with Crippen molar-refractivity contribution in [3.8, 4) is 11.4 Å². The van der Waals surface area contributed by atoms with E-state index in [2.05, 4.69) is 25.1 Å². The molecule has 4 N–H and O–H groups in total. The van der Waals surface area contributed by atoms with Crippen molar-refractivity contribution in [3.63, 3.8) is 0 Å². The molecule has 182 valence electrons. The lowest BCUT2D eigenvalue weighted by Gasteiger charge is -2.15. The standard InChI is InChI=1S/C22H18F4N6O3/c1-10-5-14(3-4-16(10)32-18-17(11(2)31-32)28-9-29-20(18)27)30-21(34)19(33)12-6-13(23)8-15(7-12)35-22(24,25)26/h3-9,19,33H,1-2H3,(H,30,34)(H2,27,28,29). The molecule has 4 aromatic rings. The molecule has 1 amide bonds. The van der Waals surface area contributed by atoms with Crippen LogP contribution in [0.25, 0.3) is 16.7 Å². The zero-order valence-electron chi connectivity index (χ0n) is 18.3. The average Bonchev–Trinajstić information content (AvgIpc) is 3.09. The Labute approximate surface area is 195 Å². The van der Waals surface area contributed by atoms with Crippen molar-refractivity contribution in [3.05, 3.63) is 65.4 Å². The molecule has 1 unspecified atom stereocenters. The SMILES string of the molecule is Cc1cc(NC(=O)C(O)c2cc(F)cc(OC(F)(F)F)c2)ccc1-n1nc(C)c2ncnc(N)c21. The molecule has 0 aliphatic rings. The number of benzene rings is 2. The van der Waals surface area contributed by atoms with E-state index in [0.29, 0.717) is 34.0 Å². The van der Waals surface area contributed by atoms with Gasteiger partial charge in [0.15, 0.2) is 11.9 Å².